The van der Waals surface area contributed by atoms with E-state index in [-0.39, 0.29) is 6.03 Å². The lowest BCUT2D eigenvalue weighted by molar-refractivity contribution is 0.250. The van der Waals surface area contributed by atoms with Crippen LogP contribution in [0, 0.1) is 0 Å². The number of carbonyl (C=O) groups excluding carboxylic acids is 1. The van der Waals surface area contributed by atoms with Gasteiger partial charge in [-0.1, -0.05) is 0 Å². The number of nitrogens with one attached hydrogen (secondary N) is 1. The van der Waals surface area contributed by atoms with Crippen molar-refractivity contribution >= 4 is 24.9 Å². The fourth-order valence-electron chi connectivity index (χ4n) is 0.326. The molecule has 0 aliphatic rings. The summed E-state index contributed by atoms with van der Waals surface area (Å²) in [6.45, 7) is 2.26. The lowest BCUT2D eigenvalue weighted by atomic mass is 10.7. The molecule has 1 N–H and O–H groups in total. The third kappa shape index (κ3) is 5.36. The predicted molar refractivity (Wildman–Crippen MR) is 41.4 cm³/mol. The summed E-state index contributed by atoms with van der Waals surface area (Å²) in [5.74, 6) is 0.644. The molecular weight excluding hydrogens is 136 g/mol. The third-order valence-electron chi connectivity index (χ3n) is 0.634. The first-order valence-electron chi connectivity index (χ1n) is 2.68. The fourth-order valence-corrected chi connectivity index (χ4v) is 0.438. The number of thiol groups is 1. The average Bonchev–Trinajstić information content (AvgIpc) is 1.85. The van der Waals surface area contributed by atoms with Gasteiger partial charge < -0.3 is 5.32 Å². The number of amides is 2. The minimum Gasteiger partial charge on any atom is -0.335 e. The van der Waals surface area contributed by atoms with E-state index in [9.17, 15) is 4.79 Å². The Morgan fingerprint density at radius 2 is 2.56 bits per heavy atom. The first-order chi connectivity index (χ1) is 4.31. The first-order valence-corrected chi connectivity index (χ1v) is 3.32. The van der Waals surface area contributed by atoms with Crippen molar-refractivity contribution in [1.29, 1.82) is 0 Å². The van der Waals surface area contributed by atoms with Crippen LogP contribution in [-0.4, -0.2) is 24.5 Å². The summed E-state index contributed by atoms with van der Waals surface area (Å²) in [6.07, 6.45) is 1.45. The Bertz CT molecular complexity index is 114. The van der Waals surface area contributed by atoms with Crippen molar-refractivity contribution in [3.8, 4) is 0 Å². The van der Waals surface area contributed by atoms with Crippen LogP contribution in [0.3, 0.4) is 0 Å². The van der Waals surface area contributed by atoms with Crippen LogP contribution in [0.2, 0.25) is 0 Å². The normalized spacial score (nSPS) is 10.0. The lowest BCUT2D eigenvalue weighted by Crippen LogP contribution is -2.21. The van der Waals surface area contributed by atoms with Gasteiger partial charge in [0.25, 0.3) is 0 Å². The van der Waals surface area contributed by atoms with Gasteiger partial charge in [0.15, 0.2) is 0 Å². The summed E-state index contributed by atoms with van der Waals surface area (Å²) in [4.78, 5) is 13.9. The van der Waals surface area contributed by atoms with Crippen LogP contribution in [0.25, 0.3) is 0 Å². The van der Waals surface area contributed by atoms with E-state index >= 15 is 0 Å². The summed E-state index contributed by atoms with van der Waals surface area (Å²) in [5, 5.41) is 2.52. The van der Waals surface area contributed by atoms with E-state index in [1.165, 1.54) is 6.21 Å². The Hall–Kier alpha value is -0.510. The molecule has 0 fully saturated rings. The van der Waals surface area contributed by atoms with Crippen LogP contribution in [0.15, 0.2) is 4.99 Å². The smallest absolute Gasteiger partial charge is 0.335 e. The van der Waals surface area contributed by atoms with E-state index in [4.69, 9.17) is 0 Å². The molecule has 0 aromatic rings. The summed E-state index contributed by atoms with van der Waals surface area (Å²) < 4.78 is 0. The third-order valence-corrected chi connectivity index (χ3v) is 0.858. The molecule has 0 atom stereocenters. The Balaban J connectivity index is 3.27. The molecular formula is C5H10N2OS. The molecule has 0 aromatic carbocycles. The highest BCUT2D eigenvalue weighted by Gasteiger charge is 1.89. The Morgan fingerprint density at radius 1 is 1.89 bits per heavy atom. The topological polar surface area (TPSA) is 41.5 Å². The lowest BCUT2D eigenvalue weighted by Gasteiger charge is -1.94. The Morgan fingerprint density at radius 3 is 3.00 bits per heavy atom. The van der Waals surface area contributed by atoms with Gasteiger partial charge in [-0.15, -0.1) is 0 Å². The molecule has 0 spiro atoms. The maximum absolute atomic E-state index is 10.5. The van der Waals surface area contributed by atoms with Crippen molar-refractivity contribution in [2.24, 2.45) is 4.99 Å². The standard InChI is InChI=1S/C5H10N2OS/c1-2-6-5(8)7-3-4-9/h2,9H,3-4H2,1H3,(H,7,8). The number of urea groups is 1. The van der Waals surface area contributed by atoms with Crippen LogP contribution in [0.4, 0.5) is 4.79 Å². The van der Waals surface area contributed by atoms with E-state index in [0.717, 1.165) is 0 Å². The van der Waals surface area contributed by atoms with Gasteiger partial charge >= 0.3 is 6.03 Å². The largest absolute Gasteiger partial charge is 0.340 e. The molecule has 3 nitrogen and oxygen atoms in total. The zero-order valence-corrected chi connectivity index (χ0v) is 6.19. The SMILES string of the molecule is CC=NC(=O)NCCS. The van der Waals surface area contributed by atoms with Gasteiger partial charge in [-0.3, -0.25) is 0 Å². The molecule has 0 heterocycles. The van der Waals surface area contributed by atoms with Crippen molar-refractivity contribution in [1.82, 2.24) is 5.32 Å². The molecule has 4 heteroatoms. The summed E-state index contributed by atoms with van der Waals surface area (Å²) in [7, 11) is 0. The second-order valence-corrected chi connectivity index (χ2v) is 1.79. The molecule has 0 radical (unpaired) electrons. The van der Waals surface area contributed by atoms with Gasteiger partial charge in [-0.25, -0.2) is 9.79 Å². The van der Waals surface area contributed by atoms with Gasteiger partial charge in [-0.2, -0.15) is 12.6 Å². The summed E-state index contributed by atoms with van der Waals surface area (Å²) in [6, 6.07) is -0.299. The first kappa shape index (κ1) is 8.49. The Labute approximate surface area is 60.0 Å². The summed E-state index contributed by atoms with van der Waals surface area (Å²) >= 11 is 3.90. The molecule has 0 rings (SSSR count). The van der Waals surface area contributed by atoms with Gasteiger partial charge in [0.1, 0.15) is 0 Å². The molecule has 0 aliphatic heterocycles. The zero-order chi connectivity index (χ0) is 7.11. The van der Waals surface area contributed by atoms with E-state index in [2.05, 4.69) is 22.9 Å². The van der Waals surface area contributed by atoms with Crippen LogP contribution < -0.4 is 5.32 Å². The van der Waals surface area contributed by atoms with Crippen molar-refractivity contribution in [2.75, 3.05) is 12.3 Å². The molecule has 0 saturated carbocycles. The number of hydrogen-bond donors (Lipinski definition) is 2. The van der Waals surface area contributed by atoms with Crippen LogP contribution in [-0.2, 0) is 0 Å². The maximum atomic E-state index is 10.5. The van der Waals surface area contributed by atoms with E-state index in [1.807, 2.05) is 0 Å². The van der Waals surface area contributed by atoms with Crippen molar-refractivity contribution in [3.63, 3.8) is 0 Å². The van der Waals surface area contributed by atoms with Gasteiger partial charge in [-0.05, 0) is 6.92 Å². The second-order valence-electron chi connectivity index (χ2n) is 1.34. The monoisotopic (exact) mass is 146 g/mol. The van der Waals surface area contributed by atoms with Crippen molar-refractivity contribution < 1.29 is 4.79 Å². The van der Waals surface area contributed by atoms with Gasteiger partial charge in [0.05, 0.1) is 0 Å². The molecule has 0 aliphatic carbocycles. The molecule has 0 aromatic heterocycles. The summed E-state index contributed by atoms with van der Waals surface area (Å²) in [5.41, 5.74) is 0. The Kier molecular flexibility index (Phi) is 5.30. The zero-order valence-electron chi connectivity index (χ0n) is 5.29. The minimum atomic E-state index is -0.299. The molecule has 2 amide bonds. The van der Waals surface area contributed by atoms with Gasteiger partial charge in [0.2, 0.25) is 0 Å². The van der Waals surface area contributed by atoms with Crippen LogP contribution in [0.1, 0.15) is 6.92 Å². The minimum absolute atomic E-state index is 0.299. The fraction of sp³-hybridized carbons (Fsp3) is 0.600. The average molecular weight is 146 g/mol. The highest BCUT2D eigenvalue weighted by molar-refractivity contribution is 7.80. The highest BCUT2D eigenvalue weighted by Crippen LogP contribution is 1.73. The highest BCUT2D eigenvalue weighted by atomic mass is 32.1. The number of carbonyl (C=O) groups is 1. The number of hydrogen-bond acceptors (Lipinski definition) is 2. The van der Waals surface area contributed by atoms with E-state index in [0.29, 0.717) is 12.3 Å². The predicted octanol–water partition coefficient (Wildman–Crippen LogP) is 0.716. The van der Waals surface area contributed by atoms with Gasteiger partial charge in [0, 0.05) is 18.5 Å². The quantitative estimate of drug-likeness (QED) is 0.437. The van der Waals surface area contributed by atoms with Crippen molar-refractivity contribution in [3.05, 3.63) is 0 Å². The number of aliphatic imine (C=N–C) groups is 1. The molecule has 9 heavy (non-hydrogen) atoms. The second kappa shape index (κ2) is 5.62. The van der Waals surface area contributed by atoms with Crippen molar-refractivity contribution in [2.45, 2.75) is 6.92 Å². The molecule has 52 valence electrons. The maximum Gasteiger partial charge on any atom is 0.340 e. The van der Waals surface area contributed by atoms with E-state index < -0.39 is 0 Å². The number of rotatable bonds is 2. The number of nitrogens with zero attached hydrogens (tertiary/aromatic N) is 1. The van der Waals surface area contributed by atoms with E-state index in [1.54, 1.807) is 6.92 Å². The van der Waals surface area contributed by atoms with Crippen LogP contribution in [0.5, 0.6) is 0 Å². The van der Waals surface area contributed by atoms with Crippen LogP contribution >= 0.6 is 12.6 Å². The molecule has 0 saturated heterocycles. The molecule has 0 bridgehead atoms. The molecule has 0 unspecified atom stereocenters.